The second kappa shape index (κ2) is 4.72. The van der Waals surface area contributed by atoms with Crippen molar-refractivity contribution in [2.24, 2.45) is 5.84 Å². The summed E-state index contributed by atoms with van der Waals surface area (Å²) in [6.07, 6.45) is 3.49. The average Bonchev–Trinajstić information content (AvgIpc) is 2.79. The highest BCUT2D eigenvalue weighted by atomic mass is 32.1. The molecule has 5 nitrogen and oxygen atoms in total. The van der Waals surface area contributed by atoms with Gasteiger partial charge in [-0.25, -0.2) is 15.8 Å². The summed E-state index contributed by atoms with van der Waals surface area (Å²) in [5.74, 6) is 5.90. The minimum absolute atomic E-state index is 0.638. The Morgan fingerprint density at radius 3 is 3.00 bits per heavy atom. The summed E-state index contributed by atoms with van der Waals surface area (Å²) in [5.41, 5.74) is 3.46. The van der Waals surface area contributed by atoms with E-state index >= 15 is 0 Å². The smallest absolute Gasteiger partial charge is 0.141 e. The van der Waals surface area contributed by atoms with Crippen LogP contribution in [-0.2, 0) is 6.54 Å². The molecule has 2 heterocycles. The molecule has 0 aliphatic carbocycles. The number of hydrazine groups is 1. The van der Waals surface area contributed by atoms with Crippen LogP contribution < -0.4 is 16.6 Å². The van der Waals surface area contributed by atoms with Crippen LogP contribution in [0.15, 0.2) is 29.9 Å². The Bertz CT molecular complexity index is 414. The lowest BCUT2D eigenvalue weighted by Gasteiger charge is -2.05. The minimum atomic E-state index is 0.638. The lowest BCUT2D eigenvalue weighted by molar-refractivity contribution is 1.10. The molecular weight excluding hydrogens is 210 g/mol. The maximum absolute atomic E-state index is 5.26. The van der Waals surface area contributed by atoms with Gasteiger partial charge in [0.25, 0.3) is 0 Å². The fraction of sp³-hybridized carbons (Fsp3) is 0.111. The molecule has 0 radical (unpaired) electrons. The number of hydrogen-bond donors (Lipinski definition) is 3. The van der Waals surface area contributed by atoms with E-state index in [1.54, 1.807) is 23.7 Å². The lowest BCUT2D eigenvalue weighted by Crippen LogP contribution is -2.09. The van der Waals surface area contributed by atoms with E-state index in [2.05, 4.69) is 20.7 Å². The molecule has 0 fully saturated rings. The highest BCUT2D eigenvalue weighted by molar-refractivity contribution is 7.09. The van der Waals surface area contributed by atoms with Gasteiger partial charge in [0.15, 0.2) is 0 Å². The van der Waals surface area contributed by atoms with Crippen LogP contribution in [-0.4, -0.2) is 9.97 Å². The first-order chi connectivity index (χ1) is 7.38. The predicted molar refractivity (Wildman–Crippen MR) is 61.5 cm³/mol. The Kier molecular flexibility index (Phi) is 3.11. The molecule has 0 atom stereocenters. The number of nitrogen functional groups attached to an aromatic ring is 1. The van der Waals surface area contributed by atoms with Crippen molar-refractivity contribution in [3.05, 3.63) is 34.9 Å². The van der Waals surface area contributed by atoms with Crippen molar-refractivity contribution in [3.8, 4) is 0 Å². The number of anilines is 2. The summed E-state index contributed by atoms with van der Waals surface area (Å²) < 4.78 is 0. The van der Waals surface area contributed by atoms with E-state index in [9.17, 15) is 0 Å². The second-order valence-corrected chi connectivity index (χ2v) is 3.83. The standard InChI is InChI=1S/C9H11N5S/c10-14-8-5-7(1-2-11-8)13-6-9-12-3-4-15-9/h1-5H,6,10H2,(H2,11,13,14). The monoisotopic (exact) mass is 221 g/mol. The molecule has 2 aromatic heterocycles. The predicted octanol–water partition coefficient (Wildman–Crippen LogP) is 1.44. The van der Waals surface area contributed by atoms with Crippen molar-refractivity contribution < 1.29 is 0 Å². The largest absolute Gasteiger partial charge is 0.378 e. The van der Waals surface area contributed by atoms with E-state index in [0.717, 1.165) is 10.7 Å². The first kappa shape index (κ1) is 9.88. The summed E-state index contributed by atoms with van der Waals surface area (Å²) >= 11 is 1.62. The fourth-order valence-electron chi connectivity index (χ4n) is 1.14. The van der Waals surface area contributed by atoms with E-state index in [-0.39, 0.29) is 0 Å². The molecule has 0 aliphatic rings. The van der Waals surface area contributed by atoms with Gasteiger partial charge in [0.05, 0.1) is 6.54 Å². The molecule has 0 saturated heterocycles. The van der Waals surface area contributed by atoms with Crippen LogP contribution in [0.5, 0.6) is 0 Å². The van der Waals surface area contributed by atoms with Crippen molar-refractivity contribution in [1.29, 1.82) is 0 Å². The number of aromatic nitrogens is 2. The molecule has 0 bridgehead atoms. The average molecular weight is 221 g/mol. The quantitative estimate of drug-likeness (QED) is 0.538. The van der Waals surface area contributed by atoms with Gasteiger partial charge in [-0.1, -0.05) is 0 Å². The van der Waals surface area contributed by atoms with Crippen LogP contribution in [0.1, 0.15) is 5.01 Å². The molecule has 6 heteroatoms. The minimum Gasteiger partial charge on any atom is -0.378 e. The van der Waals surface area contributed by atoms with Crippen molar-refractivity contribution >= 4 is 22.8 Å². The van der Waals surface area contributed by atoms with Gasteiger partial charge in [0, 0.05) is 29.5 Å². The van der Waals surface area contributed by atoms with Gasteiger partial charge in [-0.2, -0.15) is 0 Å². The van der Waals surface area contributed by atoms with Crippen LogP contribution >= 0.6 is 11.3 Å². The zero-order valence-electron chi connectivity index (χ0n) is 7.97. The molecule has 2 aromatic rings. The molecule has 0 unspecified atom stereocenters. The number of rotatable bonds is 4. The molecule has 2 rings (SSSR count). The molecule has 0 spiro atoms. The summed E-state index contributed by atoms with van der Waals surface area (Å²) in [5, 5.41) is 6.24. The van der Waals surface area contributed by atoms with Crippen LogP contribution in [0.25, 0.3) is 0 Å². The molecular formula is C9H11N5S. The highest BCUT2D eigenvalue weighted by Gasteiger charge is 1.97. The van der Waals surface area contributed by atoms with Crippen LogP contribution in [0.2, 0.25) is 0 Å². The van der Waals surface area contributed by atoms with Crippen molar-refractivity contribution in [2.75, 3.05) is 10.7 Å². The van der Waals surface area contributed by atoms with Crippen LogP contribution in [0.3, 0.4) is 0 Å². The van der Waals surface area contributed by atoms with E-state index in [1.807, 2.05) is 17.5 Å². The first-order valence-electron chi connectivity index (χ1n) is 4.43. The third-order valence-corrected chi connectivity index (χ3v) is 2.61. The maximum atomic E-state index is 5.26. The molecule has 78 valence electrons. The Balaban J connectivity index is 1.98. The molecule has 0 saturated carbocycles. The second-order valence-electron chi connectivity index (χ2n) is 2.85. The number of nitrogens with zero attached hydrogens (tertiary/aromatic N) is 2. The normalized spacial score (nSPS) is 9.93. The van der Waals surface area contributed by atoms with Crippen molar-refractivity contribution in [1.82, 2.24) is 9.97 Å². The summed E-state index contributed by atoms with van der Waals surface area (Å²) in [4.78, 5) is 8.19. The van der Waals surface area contributed by atoms with Gasteiger partial charge in [-0.15, -0.1) is 11.3 Å². The maximum Gasteiger partial charge on any atom is 0.141 e. The molecule has 0 aliphatic heterocycles. The zero-order chi connectivity index (χ0) is 10.5. The Labute approximate surface area is 91.3 Å². The van der Waals surface area contributed by atoms with E-state index in [1.165, 1.54) is 0 Å². The van der Waals surface area contributed by atoms with E-state index in [0.29, 0.717) is 12.4 Å². The van der Waals surface area contributed by atoms with Gasteiger partial charge in [0.1, 0.15) is 10.8 Å². The van der Waals surface area contributed by atoms with Crippen molar-refractivity contribution in [2.45, 2.75) is 6.54 Å². The SMILES string of the molecule is NNc1cc(NCc2nccs2)ccn1. The summed E-state index contributed by atoms with van der Waals surface area (Å²) in [7, 11) is 0. The lowest BCUT2D eigenvalue weighted by atomic mass is 10.4. The Morgan fingerprint density at radius 2 is 2.27 bits per heavy atom. The topological polar surface area (TPSA) is 75.9 Å². The van der Waals surface area contributed by atoms with Gasteiger partial charge in [0.2, 0.25) is 0 Å². The van der Waals surface area contributed by atoms with Gasteiger partial charge >= 0.3 is 0 Å². The molecule has 0 amide bonds. The molecule has 15 heavy (non-hydrogen) atoms. The number of nitrogens with two attached hydrogens (primary N) is 1. The van der Waals surface area contributed by atoms with Gasteiger partial charge < -0.3 is 10.7 Å². The van der Waals surface area contributed by atoms with Gasteiger partial charge in [-0.3, -0.25) is 0 Å². The first-order valence-corrected chi connectivity index (χ1v) is 5.31. The third-order valence-electron chi connectivity index (χ3n) is 1.84. The van der Waals surface area contributed by atoms with Crippen LogP contribution in [0.4, 0.5) is 11.5 Å². The number of hydrogen-bond acceptors (Lipinski definition) is 6. The number of pyridine rings is 1. The Hall–Kier alpha value is -1.66. The summed E-state index contributed by atoms with van der Waals surface area (Å²) in [6.45, 7) is 0.714. The van der Waals surface area contributed by atoms with E-state index in [4.69, 9.17) is 5.84 Å². The summed E-state index contributed by atoms with van der Waals surface area (Å²) in [6, 6.07) is 3.72. The third kappa shape index (κ3) is 2.64. The zero-order valence-corrected chi connectivity index (χ0v) is 8.79. The van der Waals surface area contributed by atoms with Crippen molar-refractivity contribution in [3.63, 3.8) is 0 Å². The molecule has 4 N–H and O–H groups in total. The fourth-order valence-corrected chi connectivity index (χ4v) is 1.69. The van der Waals surface area contributed by atoms with Gasteiger partial charge in [-0.05, 0) is 6.07 Å². The Morgan fingerprint density at radius 1 is 1.33 bits per heavy atom. The highest BCUT2D eigenvalue weighted by Crippen LogP contribution is 2.13. The number of thiazole rings is 1. The molecule has 0 aromatic carbocycles. The van der Waals surface area contributed by atoms with E-state index < -0.39 is 0 Å². The number of nitrogens with one attached hydrogen (secondary N) is 2. The van der Waals surface area contributed by atoms with Crippen LogP contribution in [0, 0.1) is 0 Å².